The molecule has 0 saturated carbocycles. The van der Waals surface area contributed by atoms with Crippen molar-refractivity contribution in [1.29, 1.82) is 0 Å². The molecule has 0 unspecified atom stereocenters. The number of nitrogens with zero attached hydrogens (tertiary/aromatic N) is 1. The van der Waals surface area contributed by atoms with Crippen LogP contribution in [0.5, 0.6) is 5.75 Å². The zero-order chi connectivity index (χ0) is 20.9. The van der Waals surface area contributed by atoms with Gasteiger partial charge in [0.15, 0.2) is 11.6 Å². The number of sulfonamides is 1. The van der Waals surface area contributed by atoms with Gasteiger partial charge in [-0.25, -0.2) is 12.8 Å². The van der Waals surface area contributed by atoms with E-state index in [1.807, 2.05) is 0 Å². The van der Waals surface area contributed by atoms with Gasteiger partial charge in [-0.1, -0.05) is 6.07 Å². The second-order valence-corrected chi connectivity index (χ2v) is 8.35. The maximum atomic E-state index is 13.7. The van der Waals surface area contributed by atoms with Crippen molar-refractivity contribution in [1.82, 2.24) is 4.31 Å². The molecule has 2 aromatic rings. The van der Waals surface area contributed by atoms with Crippen molar-refractivity contribution in [2.24, 2.45) is 0 Å². The summed E-state index contributed by atoms with van der Waals surface area (Å²) in [6, 6.07) is 10.1. The van der Waals surface area contributed by atoms with Gasteiger partial charge in [0.25, 0.3) is 0 Å². The van der Waals surface area contributed by atoms with Crippen molar-refractivity contribution < 1.29 is 22.3 Å². The molecule has 0 aromatic heterocycles. The lowest BCUT2D eigenvalue weighted by Gasteiger charge is -2.21. The second kappa shape index (κ2) is 8.99. The Kier molecular flexibility index (Phi) is 6.93. The van der Waals surface area contributed by atoms with Gasteiger partial charge in [-0.05, 0) is 61.9 Å². The van der Waals surface area contributed by atoms with Gasteiger partial charge in [0.2, 0.25) is 15.9 Å². The number of methoxy groups -OCH3 is 1. The van der Waals surface area contributed by atoms with Crippen molar-refractivity contribution in [2.45, 2.75) is 24.8 Å². The SMILES string of the molecule is COc1ccc(/C=C/C(=O)Nc2ccc(S(=O)(=O)N(C)C(C)C)cc2)cc1F. The molecule has 0 saturated heterocycles. The minimum absolute atomic E-state index is 0.125. The van der Waals surface area contributed by atoms with E-state index in [1.54, 1.807) is 19.9 Å². The summed E-state index contributed by atoms with van der Waals surface area (Å²) in [6.45, 7) is 3.57. The van der Waals surface area contributed by atoms with Gasteiger partial charge in [-0.15, -0.1) is 0 Å². The second-order valence-electron chi connectivity index (χ2n) is 6.36. The van der Waals surface area contributed by atoms with E-state index in [-0.39, 0.29) is 16.7 Å². The third-order valence-corrected chi connectivity index (χ3v) is 6.18. The highest BCUT2D eigenvalue weighted by Crippen LogP contribution is 2.20. The van der Waals surface area contributed by atoms with Crippen molar-refractivity contribution in [2.75, 3.05) is 19.5 Å². The van der Waals surface area contributed by atoms with E-state index in [1.165, 1.54) is 67.0 Å². The molecule has 2 rings (SSSR count). The maximum absolute atomic E-state index is 13.7. The number of rotatable bonds is 7. The summed E-state index contributed by atoms with van der Waals surface area (Å²) in [4.78, 5) is 12.2. The molecular weight excluding hydrogens is 383 g/mol. The predicted molar refractivity (Wildman–Crippen MR) is 107 cm³/mol. The third kappa shape index (κ3) is 5.17. The van der Waals surface area contributed by atoms with Crippen molar-refractivity contribution in [3.05, 3.63) is 59.9 Å². The average Bonchev–Trinajstić information content (AvgIpc) is 2.66. The molecular formula is C20H23FN2O4S. The van der Waals surface area contributed by atoms with Gasteiger partial charge >= 0.3 is 0 Å². The predicted octanol–water partition coefficient (Wildman–Crippen LogP) is 3.52. The summed E-state index contributed by atoms with van der Waals surface area (Å²) in [7, 11) is -0.689. The normalized spacial score (nSPS) is 12.0. The number of hydrogen-bond donors (Lipinski definition) is 1. The van der Waals surface area contributed by atoms with Crippen LogP contribution in [-0.2, 0) is 14.8 Å². The number of hydrogen-bond acceptors (Lipinski definition) is 4. The van der Waals surface area contributed by atoms with Gasteiger partial charge in [-0.2, -0.15) is 4.31 Å². The first kappa shape index (κ1) is 21.6. The highest BCUT2D eigenvalue weighted by molar-refractivity contribution is 7.89. The summed E-state index contributed by atoms with van der Waals surface area (Å²) in [5, 5.41) is 2.63. The zero-order valence-electron chi connectivity index (χ0n) is 16.1. The highest BCUT2D eigenvalue weighted by Gasteiger charge is 2.22. The Labute approximate surface area is 164 Å². The summed E-state index contributed by atoms with van der Waals surface area (Å²) in [5.41, 5.74) is 0.952. The Morgan fingerprint density at radius 2 is 1.82 bits per heavy atom. The molecule has 0 atom stereocenters. The minimum Gasteiger partial charge on any atom is -0.494 e. The number of carbonyl (C=O) groups excluding carboxylic acids is 1. The topological polar surface area (TPSA) is 75.7 Å². The molecule has 0 aliphatic rings. The van der Waals surface area contributed by atoms with Gasteiger partial charge in [0.05, 0.1) is 12.0 Å². The standard InChI is InChI=1S/C20H23FN2O4S/c1-14(2)23(3)28(25,26)17-9-7-16(8-10-17)22-20(24)12-6-15-5-11-19(27-4)18(21)13-15/h5-14H,1-4H3,(H,22,24)/b12-6+. The Hall–Kier alpha value is -2.71. The third-order valence-electron chi connectivity index (χ3n) is 4.13. The van der Waals surface area contributed by atoms with Crippen LogP contribution in [0.4, 0.5) is 10.1 Å². The smallest absolute Gasteiger partial charge is 0.248 e. The fraction of sp³-hybridized carbons (Fsp3) is 0.250. The van der Waals surface area contributed by atoms with E-state index < -0.39 is 21.7 Å². The number of amides is 1. The minimum atomic E-state index is -3.58. The fourth-order valence-corrected chi connectivity index (χ4v) is 3.66. The zero-order valence-corrected chi connectivity index (χ0v) is 17.0. The Morgan fingerprint density at radius 3 is 2.36 bits per heavy atom. The fourth-order valence-electron chi connectivity index (χ4n) is 2.30. The number of anilines is 1. The van der Waals surface area contributed by atoms with Crippen LogP contribution >= 0.6 is 0 Å². The van der Waals surface area contributed by atoms with Gasteiger partial charge in [-0.3, -0.25) is 4.79 Å². The van der Waals surface area contributed by atoms with E-state index in [0.29, 0.717) is 11.3 Å². The van der Waals surface area contributed by atoms with Crippen molar-refractivity contribution in [3.8, 4) is 5.75 Å². The van der Waals surface area contributed by atoms with Crippen LogP contribution in [-0.4, -0.2) is 38.8 Å². The Morgan fingerprint density at radius 1 is 1.18 bits per heavy atom. The average molecular weight is 406 g/mol. The van der Waals surface area contributed by atoms with Crippen LogP contribution in [0, 0.1) is 5.82 Å². The lowest BCUT2D eigenvalue weighted by atomic mass is 10.2. The van der Waals surface area contributed by atoms with E-state index >= 15 is 0 Å². The molecule has 0 aliphatic carbocycles. The van der Waals surface area contributed by atoms with E-state index in [2.05, 4.69) is 5.32 Å². The molecule has 6 nitrogen and oxygen atoms in total. The summed E-state index contributed by atoms with van der Waals surface area (Å²) >= 11 is 0. The molecule has 0 radical (unpaired) electrons. The number of halogens is 1. The lowest BCUT2D eigenvalue weighted by molar-refractivity contribution is -0.111. The summed E-state index contributed by atoms with van der Waals surface area (Å²) in [6.07, 6.45) is 2.73. The van der Waals surface area contributed by atoms with Crippen molar-refractivity contribution in [3.63, 3.8) is 0 Å². The number of nitrogens with one attached hydrogen (secondary N) is 1. The molecule has 0 spiro atoms. The monoisotopic (exact) mass is 406 g/mol. The van der Waals surface area contributed by atoms with Crippen LogP contribution in [0.1, 0.15) is 19.4 Å². The molecule has 150 valence electrons. The summed E-state index contributed by atoms with van der Waals surface area (Å²) < 4.78 is 44.6. The first-order valence-electron chi connectivity index (χ1n) is 8.56. The molecule has 2 aromatic carbocycles. The molecule has 0 fully saturated rings. The maximum Gasteiger partial charge on any atom is 0.248 e. The van der Waals surface area contributed by atoms with Crippen LogP contribution in [0.2, 0.25) is 0 Å². The quantitative estimate of drug-likeness (QED) is 0.714. The van der Waals surface area contributed by atoms with Gasteiger partial charge < -0.3 is 10.1 Å². The molecule has 28 heavy (non-hydrogen) atoms. The van der Waals surface area contributed by atoms with Crippen LogP contribution in [0.25, 0.3) is 6.08 Å². The highest BCUT2D eigenvalue weighted by atomic mass is 32.2. The van der Waals surface area contributed by atoms with Gasteiger partial charge in [0.1, 0.15) is 0 Å². The Bertz CT molecular complexity index is 970. The van der Waals surface area contributed by atoms with E-state index in [0.717, 1.165) is 0 Å². The lowest BCUT2D eigenvalue weighted by Crippen LogP contribution is -2.33. The molecule has 0 bridgehead atoms. The van der Waals surface area contributed by atoms with Crippen LogP contribution in [0.3, 0.4) is 0 Å². The number of benzene rings is 2. The number of carbonyl (C=O) groups is 1. The Balaban J connectivity index is 2.06. The van der Waals surface area contributed by atoms with Crippen LogP contribution in [0.15, 0.2) is 53.4 Å². The molecule has 0 heterocycles. The van der Waals surface area contributed by atoms with Crippen molar-refractivity contribution >= 4 is 27.7 Å². The largest absolute Gasteiger partial charge is 0.494 e. The number of ether oxygens (including phenoxy) is 1. The van der Waals surface area contributed by atoms with Gasteiger partial charge in [0, 0.05) is 24.9 Å². The first-order valence-corrected chi connectivity index (χ1v) is 10.00. The van der Waals surface area contributed by atoms with E-state index in [4.69, 9.17) is 4.74 Å². The molecule has 0 aliphatic heterocycles. The summed E-state index contributed by atoms with van der Waals surface area (Å²) in [5.74, 6) is -0.820. The molecule has 1 N–H and O–H groups in total. The van der Waals surface area contributed by atoms with E-state index in [9.17, 15) is 17.6 Å². The first-order chi connectivity index (χ1) is 13.1. The molecule has 1 amide bonds. The molecule has 8 heteroatoms. The van der Waals surface area contributed by atoms with Crippen LogP contribution < -0.4 is 10.1 Å².